The van der Waals surface area contributed by atoms with Crippen LogP contribution in [-0.2, 0) is 4.79 Å². The first kappa shape index (κ1) is 19.1. The van der Waals surface area contributed by atoms with Gasteiger partial charge in [0.25, 0.3) is 5.91 Å². The lowest BCUT2D eigenvalue weighted by atomic mass is 9.85. The summed E-state index contributed by atoms with van der Waals surface area (Å²) in [7, 11) is 0. The zero-order chi connectivity index (χ0) is 17.3. The van der Waals surface area contributed by atoms with Gasteiger partial charge in [-0.15, -0.1) is 12.4 Å². The Kier molecular flexibility index (Phi) is 5.97. The van der Waals surface area contributed by atoms with Gasteiger partial charge in [-0.2, -0.15) is 0 Å². The molecule has 2 aromatic rings. The molecule has 9 heteroatoms. The Balaban J connectivity index is 0.00000225. The predicted molar refractivity (Wildman–Crippen MR) is 92.5 cm³/mol. The van der Waals surface area contributed by atoms with E-state index in [4.69, 9.17) is 5.11 Å². The van der Waals surface area contributed by atoms with Crippen molar-refractivity contribution in [1.29, 1.82) is 0 Å². The molecule has 25 heavy (non-hydrogen) atoms. The number of rotatable bonds is 6. The summed E-state index contributed by atoms with van der Waals surface area (Å²) in [6, 6.07) is 2.58. The van der Waals surface area contributed by atoms with E-state index in [2.05, 4.69) is 15.3 Å². The van der Waals surface area contributed by atoms with E-state index in [1.807, 2.05) is 11.8 Å². The maximum absolute atomic E-state index is 13.6. The normalized spacial score (nSPS) is 19.3. The van der Waals surface area contributed by atoms with Gasteiger partial charge in [-0.05, 0) is 31.5 Å². The number of aliphatic carboxylic acids is 1. The van der Waals surface area contributed by atoms with Crippen LogP contribution in [0.25, 0.3) is 11.0 Å². The third-order valence-electron chi connectivity index (χ3n) is 4.44. The fourth-order valence-corrected chi connectivity index (χ4v) is 3.13. The number of hydrogen-bond acceptors (Lipinski definition) is 4. The van der Waals surface area contributed by atoms with E-state index in [1.165, 1.54) is 18.5 Å². The largest absolute Gasteiger partial charge is 0.480 e. The molecular weight excluding hydrogens is 351 g/mol. The second-order valence-electron chi connectivity index (χ2n) is 6.00. The molecule has 1 heterocycles. The lowest BCUT2D eigenvalue weighted by Gasteiger charge is -2.42. The van der Waals surface area contributed by atoms with Crippen molar-refractivity contribution in [3.63, 3.8) is 0 Å². The highest BCUT2D eigenvalue weighted by Gasteiger charge is 2.35. The summed E-state index contributed by atoms with van der Waals surface area (Å²) in [4.78, 5) is 32.0. The van der Waals surface area contributed by atoms with Crippen LogP contribution in [0.5, 0.6) is 0 Å². The van der Waals surface area contributed by atoms with Gasteiger partial charge in [0, 0.05) is 12.1 Å². The van der Waals surface area contributed by atoms with Gasteiger partial charge in [0.05, 0.1) is 24.0 Å². The number of hydrogen-bond donors (Lipinski definition) is 3. The van der Waals surface area contributed by atoms with Gasteiger partial charge in [0.2, 0.25) is 0 Å². The number of carboxylic acids is 1. The number of halogens is 2. The molecule has 0 atom stereocenters. The molecule has 1 aliphatic carbocycles. The number of carbonyl (C=O) groups is 2. The van der Waals surface area contributed by atoms with E-state index in [-0.39, 0.29) is 42.5 Å². The summed E-state index contributed by atoms with van der Waals surface area (Å²) >= 11 is 0. The number of aromatic amines is 1. The van der Waals surface area contributed by atoms with Crippen LogP contribution in [-0.4, -0.2) is 57.0 Å². The SMILES string of the molecule is CCN(CC(=O)O)C1CC(NC(=O)c2cc(F)cc3[nH]cnc23)C1.Cl. The minimum atomic E-state index is -0.856. The molecule has 1 aliphatic rings. The number of carbonyl (C=O) groups excluding carboxylic acids is 1. The first-order valence-corrected chi connectivity index (χ1v) is 7.87. The van der Waals surface area contributed by atoms with Crippen LogP contribution in [0.15, 0.2) is 18.5 Å². The Bertz CT molecular complexity index is 776. The number of amides is 1. The second-order valence-corrected chi connectivity index (χ2v) is 6.00. The van der Waals surface area contributed by atoms with Crippen LogP contribution >= 0.6 is 12.4 Å². The molecule has 1 aromatic carbocycles. The number of benzene rings is 1. The number of nitrogens with one attached hydrogen (secondary N) is 2. The Labute approximate surface area is 150 Å². The monoisotopic (exact) mass is 370 g/mol. The third kappa shape index (κ3) is 4.08. The first-order chi connectivity index (χ1) is 11.5. The van der Waals surface area contributed by atoms with Crippen molar-refractivity contribution in [2.45, 2.75) is 31.8 Å². The molecule has 1 amide bonds. The van der Waals surface area contributed by atoms with Crippen LogP contribution in [0.2, 0.25) is 0 Å². The summed E-state index contributed by atoms with van der Waals surface area (Å²) in [6.07, 6.45) is 2.79. The maximum atomic E-state index is 13.6. The summed E-state index contributed by atoms with van der Waals surface area (Å²) in [5.41, 5.74) is 1.11. The molecule has 136 valence electrons. The summed E-state index contributed by atoms with van der Waals surface area (Å²) in [6.45, 7) is 2.56. The van der Waals surface area contributed by atoms with E-state index in [9.17, 15) is 14.0 Å². The van der Waals surface area contributed by atoms with E-state index >= 15 is 0 Å². The molecule has 0 bridgehead atoms. The quantitative estimate of drug-likeness (QED) is 0.720. The number of nitrogens with zero attached hydrogens (tertiary/aromatic N) is 2. The van der Waals surface area contributed by atoms with Gasteiger partial charge >= 0.3 is 5.97 Å². The summed E-state index contributed by atoms with van der Waals surface area (Å²) < 4.78 is 13.6. The number of imidazole rings is 1. The molecule has 1 aromatic heterocycles. The molecule has 7 nitrogen and oxygen atoms in total. The fraction of sp³-hybridized carbons (Fsp3) is 0.438. The molecule has 1 fully saturated rings. The molecule has 0 radical (unpaired) electrons. The van der Waals surface area contributed by atoms with Crippen molar-refractivity contribution >= 4 is 35.3 Å². The number of H-pyrrole nitrogens is 1. The number of fused-ring (bicyclic) bond motifs is 1. The van der Waals surface area contributed by atoms with Crippen molar-refractivity contribution < 1.29 is 19.1 Å². The van der Waals surface area contributed by atoms with E-state index in [0.29, 0.717) is 30.4 Å². The van der Waals surface area contributed by atoms with Gasteiger partial charge in [0.1, 0.15) is 11.3 Å². The van der Waals surface area contributed by atoms with Crippen molar-refractivity contribution in [3.8, 4) is 0 Å². The lowest BCUT2D eigenvalue weighted by molar-refractivity contribution is -0.139. The molecular formula is C16H20ClFN4O3. The van der Waals surface area contributed by atoms with E-state index < -0.39 is 11.8 Å². The van der Waals surface area contributed by atoms with Crippen LogP contribution in [0.4, 0.5) is 4.39 Å². The number of likely N-dealkylation sites (N-methyl/N-ethyl adjacent to an activating group) is 1. The Morgan fingerprint density at radius 3 is 2.80 bits per heavy atom. The van der Waals surface area contributed by atoms with Gasteiger partial charge in [-0.3, -0.25) is 14.5 Å². The standard InChI is InChI=1S/C16H19FN4O3.ClH/c1-2-21(7-14(22)23)11-5-10(6-11)20-16(24)12-3-9(17)4-13-15(12)19-8-18-13;/h3-4,8,10-11H,2,5-7H2,1H3,(H,18,19)(H,20,24)(H,22,23);1H. The summed E-state index contributed by atoms with van der Waals surface area (Å²) in [5, 5.41) is 11.8. The lowest BCUT2D eigenvalue weighted by Crippen LogP contribution is -2.54. The van der Waals surface area contributed by atoms with Crippen molar-refractivity contribution in [1.82, 2.24) is 20.2 Å². The Morgan fingerprint density at radius 1 is 1.44 bits per heavy atom. The maximum Gasteiger partial charge on any atom is 0.317 e. The van der Waals surface area contributed by atoms with Gasteiger partial charge in [-0.25, -0.2) is 9.37 Å². The highest BCUT2D eigenvalue weighted by Crippen LogP contribution is 2.26. The Hall–Kier alpha value is -2.19. The van der Waals surface area contributed by atoms with E-state index in [0.717, 1.165) is 0 Å². The molecule has 1 saturated carbocycles. The zero-order valence-electron chi connectivity index (χ0n) is 13.7. The first-order valence-electron chi connectivity index (χ1n) is 7.87. The average Bonchev–Trinajstić information content (AvgIpc) is 2.95. The molecule has 3 N–H and O–H groups in total. The highest BCUT2D eigenvalue weighted by atomic mass is 35.5. The Morgan fingerprint density at radius 2 is 2.16 bits per heavy atom. The van der Waals surface area contributed by atoms with Gasteiger partial charge in [-0.1, -0.05) is 6.92 Å². The molecule has 0 saturated heterocycles. The number of carboxylic acid groups (broad SMARTS) is 1. The zero-order valence-corrected chi connectivity index (χ0v) is 14.5. The van der Waals surface area contributed by atoms with Crippen LogP contribution < -0.4 is 5.32 Å². The second kappa shape index (κ2) is 7.79. The smallest absolute Gasteiger partial charge is 0.317 e. The molecule has 3 rings (SSSR count). The van der Waals surface area contributed by atoms with E-state index in [1.54, 1.807) is 0 Å². The van der Waals surface area contributed by atoms with Gasteiger partial charge in [0.15, 0.2) is 0 Å². The predicted octanol–water partition coefficient (Wildman–Crippen LogP) is 1.79. The van der Waals surface area contributed by atoms with Crippen LogP contribution in [0, 0.1) is 5.82 Å². The highest BCUT2D eigenvalue weighted by molar-refractivity contribution is 6.05. The average molecular weight is 371 g/mol. The van der Waals surface area contributed by atoms with Gasteiger partial charge < -0.3 is 15.4 Å². The van der Waals surface area contributed by atoms with Crippen LogP contribution in [0.3, 0.4) is 0 Å². The fourth-order valence-electron chi connectivity index (χ4n) is 3.13. The van der Waals surface area contributed by atoms with Crippen LogP contribution in [0.1, 0.15) is 30.1 Å². The number of aromatic nitrogens is 2. The minimum Gasteiger partial charge on any atom is -0.480 e. The minimum absolute atomic E-state index is 0. The molecule has 0 spiro atoms. The van der Waals surface area contributed by atoms with Crippen molar-refractivity contribution in [2.24, 2.45) is 0 Å². The molecule has 0 unspecified atom stereocenters. The summed E-state index contributed by atoms with van der Waals surface area (Å²) in [5.74, 6) is -1.72. The van der Waals surface area contributed by atoms with Crippen molar-refractivity contribution in [3.05, 3.63) is 29.8 Å². The topological polar surface area (TPSA) is 98.3 Å². The third-order valence-corrected chi connectivity index (χ3v) is 4.44. The van der Waals surface area contributed by atoms with Crippen molar-refractivity contribution in [2.75, 3.05) is 13.1 Å². The molecule has 0 aliphatic heterocycles.